The zero-order chi connectivity index (χ0) is 8.74. The lowest BCUT2D eigenvalue weighted by Gasteiger charge is -2.04. The molecule has 4 heteroatoms. The molecule has 0 aromatic carbocycles. The third-order valence-corrected chi connectivity index (χ3v) is 2.19. The molecule has 0 aliphatic rings. The van der Waals surface area contributed by atoms with Crippen molar-refractivity contribution in [2.24, 2.45) is 0 Å². The highest BCUT2D eigenvalue weighted by atomic mass is 32.2. The standard InChI is InChI=1S/C7H13F3S/c1-2-11-6-4-3-5-7(8,9)10/h2-6H2,1H3. The third kappa shape index (κ3) is 10.1. The van der Waals surface area contributed by atoms with Crippen molar-refractivity contribution in [1.82, 2.24) is 0 Å². The van der Waals surface area contributed by atoms with Gasteiger partial charge in [0.15, 0.2) is 0 Å². The van der Waals surface area contributed by atoms with Gasteiger partial charge in [-0.3, -0.25) is 0 Å². The van der Waals surface area contributed by atoms with Gasteiger partial charge in [-0.1, -0.05) is 6.92 Å². The van der Waals surface area contributed by atoms with E-state index in [0.29, 0.717) is 6.42 Å². The lowest BCUT2D eigenvalue weighted by atomic mass is 10.2. The summed E-state index contributed by atoms with van der Waals surface area (Å²) in [6, 6.07) is 0. The van der Waals surface area contributed by atoms with Gasteiger partial charge in [-0.15, -0.1) is 0 Å². The van der Waals surface area contributed by atoms with Crippen LogP contribution in [-0.4, -0.2) is 17.7 Å². The summed E-state index contributed by atoms with van der Waals surface area (Å²) in [5.41, 5.74) is 0. The zero-order valence-electron chi connectivity index (χ0n) is 6.58. The van der Waals surface area contributed by atoms with E-state index >= 15 is 0 Å². The minimum absolute atomic E-state index is 0.274. The maximum atomic E-state index is 11.6. The number of halogens is 3. The molecule has 0 aromatic rings. The second-order valence-corrected chi connectivity index (χ2v) is 3.66. The fourth-order valence-corrected chi connectivity index (χ4v) is 1.37. The van der Waals surface area contributed by atoms with E-state index in [1.54, 1.807) is 11.8 Å². The van der Waals surface area contributed by atoms with Crippen LogP contribution in [0.2, 0.25) is 0 Å². The summed E-state index contributed by atoms with van der Waals surface area (Å²) in [5, 5.41) is 0. The number of unbranched alkanes of at least 4 members (excludes halogenated alkanes) is 1. The SMILES string of the molecule is CCSCCCCC(F)(F)F. The van der Waals surface area contributed by atoms with Crippen LogP contribution in [0.4, 0.5) is 13.2 Å². The van der Waals surface area contributed by atoms with Crippen LogP contribution in [0.5, 0.6) is 0 Å². The largest absolute Gasteiger partial charge is 0.389 e. The molecule has 0 spiro atoms. The fraction of sp³-hybridized carbons (Fsp3) is 1.00. The van der Waals surface area contributed by atoms with Crippen LogP contribution in [0.1, 0.15) is 26.2 Å². The Morgan fingerprint density at radius 1 is 1.18 bits per heavy atom. The molecule has 0 aromatic heterocycles. The Kier molecular flexibility index (Phi) is 5.82. The van der Waals surface area contributed by atoms with Gasteiger partial charge >= 0.3 is 6.18 Å². The number of alkyl halides is 3. The molecule has 11 heavy (non-hydrogen) atoms. The molecule has 0 aliphatic heterocycles. The van der Waals surface area contributed by atoms with Crippen molar-refractivity contribution < 1.29 is 13.2 Å². The number of thioether (sulfide) groups is 1. The number of hydrogen-bond acceptors (Lipinski definition) is 1. The van der Waals surface area contributed by atoms with Crippen molar-refractivity contribution >= 4 is 11.8 Å². The molecule has 0 radical (unpaired) electrons. The average molecular weight is 186 g/mol. The van der Waals surface area contributed by atoms with Gasteiger partial charge in [-0.05, 0) is 24.3 Å². The van der Waals surface area contributed by atoms with E-state index in [2.05, 4.69) is 0 Å². The topological polar surface area (TPSA) is 0 Å². The summed E-state index contributed by atoms with van der Waals surface area (Å²) in [7, 11) is 0. The van der Waals surface area contributed by atoms with Gasteiger partial charge in [0, 0.05) is 6.42 Å². The molecular weight excluding hydrogens is 173 g/mol. The van der Waals surface area contributed by atoms with Crippen molar-refractivity contribution in [3.05, 3.63) is 0 Å². The van der Waals surface area contributed by atoms with E-state index in [-0.39, 0.29) is 6.42 Å². The highest BCUT2D eigenvalue weighted by molar-refractivity contribution is 7.99. The van der Waals surface area contributed by atoms with Crippen LogP contribution in [0.3, 0.4) is 0 Å². The van der Waals surface area contributed by atoms with Gasteiger partial charge in [-0.2, -0.15) is 24.9 Å². The van der Waals surface area contributed by atoms with Gasteiger partial charge in [0.2, 0.25) is 0 Å². The molecule has 0 heterocycles. The van der Waals surface area contributed by atoms with Gasteiger partial charge in [-0.25, -0.2) is 0 Å². The highest BCUT2D eigenvalue weighted by Crippen LogP contribution is 2.22. The summed E-state index contributed by atoms with van der Waals surface area (Å²) in [4.78, 5) is 0. The summed E-state index contributed by atoms with van der Waals surface area (Å²) in [6.45, 7) is 2.01. The molecule has 0 unspecified atom stereocenters. The lowest BCUT2D eigenvalue weighted by Crippen LogP contribution is -2.06. The molecule has 0 nitrogen and oxygen atoms in total. The average Bonchev–Trinajstić information content (AvgIpc) is 1.85. The molecule has 0 fully saturated rings. The summed E-state index contributed by atoms with van der Waals surface area (Å²) in [6.07, 6.45) is -3.64. The Morgan fingerprint density at radius 2 is 1.82 bits per heavy atom. The highest BCUT2D eigenvalue weighted by Gasteiger charge is 2.25. The molecular formula is C7H13F3S. The maximum absolute atomic E-state index is 11.6. The molecule has 0 rings (SSSR count). The lowest BCUT2D eigenvalue weighted by molar-refractivity contribution is -0.135. The predicted octanol–water partition coefficient (Wildman–Crippen LogP) is 3.47. The van der Waals surface area contributed by atoms with Gasteiger partial charge < -0.3 is 0 Å². The summed E-state index contributed by atoms with van der Waals surface area (Å²) >= 11 is 1.69. The van der Waals surface area contributed by atoms with Crippen molar-refractivity contribution in [2.45, 2.75) is 32.4 Å². The first-order valence-electron chi connectivity index (χ1n) is 3.70. The summed E-state index contributed by atoms with van der Waals surface area (Å²) < 4.78 is 34.7. The Balaban J connectivity index is 3.02. The smallest absolute Gasteiger partial charge is 0.171 e. The van der Waals surface area contributed by atoms with E-state index < -0.39 is 12.6 Å². The second-order valence-electron chi connectivity index (χ2n) is 2.27. The molecule has 0 amide bonds. The van der Waals surface area contributed by atoms with Crippen LogP contribution < -0.4 is 0 Å². The van der Waals surface area contributed by atoms with E-state index in [1.807, 2.05) is 6.92 Å². The monoisotopic (exact) mass is 186 g/mol. The number of rotatable bonds is 5. The molecule has 0 saturated carbocycles. The van der Waals surface area contributed by atoms with Crippen molar-refractivity contribution in [2.75, 3.05) is 11.5 Å². The molecule has 0 saturated heterocycles. The quantitative estimate of drug-likeness (QED) is 0.592. The van der Waals surface area contributed by atoms with Crippen LogP contribution in [0.15, 0.2) is 0 Å². The fourth-order valence-electron chi connectivity index (χ4n) is 0.674. The first kappa shape index (κ1) is 11.1. The van der Waals surface area contributed by atoms with E-state index in [9.17, 15) is 13.2 Å². The van der Waals surface area contributed by atoms with Crippen LogP contribution in [-0.2, 0) is 0 Å². The molecule has 0 N–H and O–H groups in total. The van der Waals surface area contributed by atoms with E-state index in [1.165, 1.54) is 0 Å². The van der Waals surface area contributed by atoms with Crippen LogP contribution in [0, 0.1) is 0 Å². The molecule has 0 bridgehead atoms. The summed E-state index contributed by atoms with van der Waals surface area (Å²) in [5.74, 6) is 1.85. The Bertz CT molecular complexity index is 90.2. The first-order chi connectivity index (χ1) is 5.06. The Hall–Kier alpha value is 0.140. The van der Waals surface area contributed by atoms with Crippen molar-refractivity contribution in [3.63, 3.8) is 0 Å². The Morgan fingerprint density at radius 3 is 2.27 bits per heavy atom. The Labute approximate surface area is 69.5 Å². The molecule has 0 aliphatic carbocycles. The second kappa shape index (κ2) is 5.75. The first-order valence-corrected chi connectivity index (χ1v) is 4.86. The van der Waals surface area contributed by atoms with Gasteiger partial charge in [0.1, 0.15) is 0 Å². The minimum Gasteiger partial charge on any atom is -0.171 e. The minimum atomic E-state index is -3.96. The van der Waals surface area contributed by atoms with Gasteiger partial charge in [0.25, 0.3) is 0 Å². The number of hydrogen-bond donors (Lipinski definition) is 0. The van der Waals surface area contributed by atoms with Gasteiger partial charge in [0.05, 0.1) is 0 Å². The van der Waals surface area contributed by atoms with Crippen molar-refractivity contribution in [3.8, 4) is 0 Å². The third-order valence-electron chi connectivity index (χ3n) is 1.20. The normalized spacial score (nSPS) is 12.0. The maximum Gasteiger partial charge on any atom is 0.389 e. The zero-order valence-corrected chi connectivity index (χ0v) is 7.39. The van der Waals surface area contributed by atoms with E-state index in [0.717, 1.165) is 11.5 Å². The molecule has 68 valence electrons. The van der Waals surface area contributed by atoms with Crippen molar-refractivity contribution in [1.29, 1.82) is 0 Å². The predicted molar refractivity (Wildman–Crippen MR) is 42.9 cm³/mol. The molecule has 0 atom stereocenters. The van der Waals surface area contributed by atoms with Crippen LogP contribution in [0.25, 0.3) is 0 Å². The van der Waals surface area contributed by atoms with Crippen LogP contribution >= 0.6 is 11.8 Å². The van der Waals surface area contributed by atoms with E-state index in [4.69, 9.17) is 0 Å².